The summed E-state index contributed by atoms with van der Waals surface area (Å²) in [7, 11) is 0. The van der Waals surface area contributed by atoms with Crippen LogP contribution in [-0.4, -0.2) is 72.3 Å². The number of aliphatic hydroxyl groups excluding tert-OH is 1. The Morgan fingerprint density at radius 1 is 0.909 bits per heavy atom. The summed E-state index contributed by atoms with van der Waals surface area (Å²) >= 11 is 0. The Morgan fingerprint density at radius 2 is 1.73 bits per heavy atom. The Kier molecular flexibility index (Phi) is 6.73. The molecule has 3 heterocycles. The molecule has 1 fully saturated rings. The van der Waals surface area contributed by atoms with Crippen molar-refractivity contribution in [2.24, 2.45) is 0 Å². The number of para-hydroxylation sites is 1. The molecule has 2 aliphatic heterocycles. The van der Waals surface area contributed by atoms with E-state index in [4.69, 9.17) is 14.3 Å². The fourth-order valence-electron chi connectivity index (χ4n) is 4.77. The van der Waals surface area contributed by atoms with Gasteiger partial charge in [0.05, 0.1) is 18.3 Å². The molecule has 1 aromatic heterocycles. The summed E-state index contributed by atoms with van der Waals surface area (Å²) < 4.78 is 11.7. The van der Waals surface area contributed by atoms with Gasteiger partial charge in [-0.3, -0.25) is 19.5 Å². The van der Waals surface area contributed by atoms with Crippen LogP contribution in [0.1, 0.15) is 16.7 Å². The first-order chi connectivity index (χ1) is 16.2. The largest absolute Gasteiger partial charge is 0.492 e. The fourth-order valence-corrected chi connectivity index (χ4v) is 4.77. The minimum atomic E-state index is 0.0383. The third kappa shape index (κ3) is 5.12. The Balaban J connectivity index is 1.28. The Labute approximate surface area is 193 Å². The SMILES string of the molecule is O=c1c(CN2CCOc3ccc(CN4CCN(CCO)CC4)cc3C2)coc2ccccc12. The summed E-state index contributed by atoms with van der Waals surface area (Å²) in [6.45, 7) is 8.53. The molecule has 0 bridgehead atoms. The van der Waals surface area contributed by atoms with Crippen LogP contribution in [0.5, 0.6) is 5.75 Å². The van der Waals surface area contributed by atoms with Crippen molar-refractivity contribution in [3.8, 4) is 5.75 Å². The summed E-state index contributed by atoms with van der Waals surface area (Å²) in [4.78, 5) is 20.0. The van der Waals surface area contributed by atoms with E-state index >= 15 is 0 Å². The van der Waals surface area contributed by atoms with Gasteiger partial charge < -0.3 is 14.3 Å². The molecule has 0 aliphatic carbocycles. The average molecular weight is 450 g/mol. The lowest BCUT2D eigenvalue weighted by molar-refractivity contribution is 0.108. The molecule has 0 saturated carbocycles. The summed E-state index contributed by atoms with van der Waals surface area (Å²) in [5, 5.41) is 9.77. The lowest BCUT2D eigenvalue weighted by Gasteiger charge is -2.34. The van der Waals surface area contributed by atoms with Gasteiger partial charge in [0.1, 0.15) is 17.9 Å². The second-order valence-corrected chi connectivity index (χ2v) is 8.93. The first-order valence-corrected chi connectivity index (χ1v) is 11.7. The normalized spacial score (nSPS) is 18.1. The third-order valence-corrected chi connectivity index (χ3v) is 6.62. The van der Waals surface area contributed by atoms with E-state index in [0.29, 0.717) is 29.7 Å². The van der Waals surface area contributed by atoms with E-state index in [1.807, 2.05) is 24.3 Å². The molecule has 0 amide bonds. The molecule has 2 aliphatic rings. The van der Waals surface area contributed by atoms with Crippen molar-refractivity contribution in [1.82, 2.24) is 14.7 Å². The molecular formula is C26H31N3O4. The second kappa shape index (κ2) is 10.1. The number of nitrogens with zero attached hydrogens (tertiary/aromatic N) is 3. The molecule has 7 nitrogen and oxygen atoms in total. The number of benzene rings is 2. The van der Waals surface area contributed by atoms with E-state index in [1.54, 1.807) is 6.26 Å². The molecule has 3 aromatic rings. The number of ether oxygens (including phenoxy) is 1. The van der Waals surface area contributed by atoms with Crippen molar-refractivity contribution in [1.29, 1.82) is 0 Å². The highest BCUT2D eigenvalue weighted by Crippen LogP contribution is 2.26. The van der Waals surface area contributed by atoms with Crippen molar-refractivity contribution in [3.63, 3.8) is 0 Å². The molecular weight excluding hydrogens is 418 g/mol. The average Bonchev–Trinajstić information content (AvgIpc) is 3.04. The molecule has 0 atom stereocenters. The molecule has 174 valence electrons. The van der Waals surface area contributed by atoms with Gasteiger partial charge in [0, 0.05) is 70.0 Å². The zero-order valence-electron chi connectivity index (χ0n) is 18.9. The molecule has 0 radical (unpaired) electrons. The number of β-amino-alcohol motifs (C(OH)–C–C–N with tert-alkyl or cyclic N) is 1. The van der Waals surface area contributed by atoms with Crippen LogP contribution in [0.4, 0.5) is 0 Å². The van der Waals surface area contributed by atoms with Crippen molar-refractivity contribution in [2.75, 3.05) is 52.5 Å². The quantitative estimate of drug-likeness (QED) is 0.619. The van der Waals surface area contributed by atoms with Gasteiger partial charge in [-0.15, -0.1) is 0 Å². The van der Waals surface area contributed by atoms with Gasteiger partial charge in [0.15, 0.2) is 5.43 Å². The molecule has 0 unspecified atom stereocenters. The Morgan fingerprint density at radius 3 is 2.58 bits per heavy atom. The van der Waals surface area contributed by atoms with Gasteiger partial charge in [0.25, 0.3) is 0 Å². The molecule has 1 saturated heterocycles. The van der Waals surface area contributed by atoms with Crippen molar-refractivity contribution in [2.45, 2.75) is 19.6 Å². The maximum atomic E-state index is 12.9. The molecule has 0 spiro atoms. The van der Waals surface area contributed by atoms with Crippen molar-refractivity contribution >= 4 is 11.0 Å². The first kappa shape index (κ1) is 22.1. The fraction of sp³-hybridized carbons (Fsp3) is 0.423. The first-order valence-electron chi connectivity index (χ1n) is 11.7. The van der Waals surface area contributed by atoms with Gasteiger partial charge in [-0.05, 0) is 29.8 Å². The number of aliphatic hydroxyl groups is 1. The molecule has 33 heavy (non-hydrogen) atoms. The van der Waals surface area contributed by atoms with Crippen LogP contribution in [0.2, 0.25) is 0 Å². The van der Waals surface area contributed by atoms with Crippen LogP contribution >= 0.6 is 0 Å². The number of hydrogen-bond acceptors (Lipinski definition) is 7. The predicted molar refractivity (Wildman–Crippen MR) is 127 cm³/mol. The standard InChI is InChI=1S/C26H31N3O4/c30-13-11-27-7-9-28(10-8-27)16-20-5-6-24-21(15-20)17-29(12-14-32-24)18-22-19-33-25-4-2-1-3-23(25)26(22)31/h1-6,15,19,30H,7-14,16-18H2. The zero-order valence-corrected chi connectivity index (χ0v) is 18.9. The highest BCUT2D eigenvalue weighted by atomic mass is 16.5. The third-order valence-electron chi connectivity index (χ3n) is 6.62. The molecule has 2 aromatic carbocycles. The lowest BCUT2D eigenvalue weighted by Crippen LogP contribution is -2.46. The monoisotopic (exact) mass is 449 g/mol. The topological polar surface area (TPSA) is 69.4 Å². The zero-order chi connectivity index (χ0) is 22.6. The van der Waals surface area contributed by atoms with E-state index in [-0.39, 0.29) is 12.0 Å². The maximum absolute atomic E-state index is 12.9. The van der Waals surface area contributed by atoms with Gasteiger partial charge in [0.2, 0.25) is 0 Å². The molecule has 7 heteroatoms. The highest BCUT2D eigenvalue weighted by Gasteiger charge is 2.20. The minimum absolute atomic E-state index is 0.0383. The lowest BCUT2D eigenvalue weighted by atomic mass is 10.1. The number of hydrogen-bond donors (Lipinski definition) is 1. The van der Waals surface area contributed by atoms with Crippen molar-refractivity contribution in [3.05, 3.63) is 75.6 Å². The van der Waals surface area contributed by atoms with E-state index < -0.39 is 0 Å². The number of fused-ring (bicyclic) bond motifs is 2. The molecule has 1 N–H and O–H groups in total. The van der Waals surface area contributed by atoms with Crippen LogP contribution in [0.15, 0.2) is 57.9 Å². The molecule has 5 rings (SSSR count). The van der Waals surface area contributed by atoms with Gasteiger partial charge in [-0.25, -0.2) is 0 Å². The van der Waals surface area contributed by atoms with Crippen LogP contribution in [-0.2, 0) is 19.6 Å². The summed E-state index contributed by atoms with van der Waals surface area (Å²) in [6, 6.07) is 13.9. The Bertz CT molecular complexity index is 1150. The van der Waals surface area contributed by atoms with Crippen LogP contribution in [0.3, 0.4) is 0 Å². The van der Waals surface area contributed by atoms with Crippen LogP contribution in [0, 0.1) is 0 Å². The smallest absolute Gasteiger partial charge is 0.197 e. The van der Waals surface area contributed by atoms with Gasteiger partial charge in [-0.1, -0.05) is 18.2 Å². The summed E-state index contributed by atoms with van der Waals surface area (Å²) in [5.74, 6) is 0.930. The summed E-state index contributed by atoms with van der Waals surface area (Å²) in [6.07, 6.45) is 1.60. The Hall–Kier alpha value is -2.71. The summed E-state index contributed by atoms with van der Waals surface area (Å²) in [5.41, 5.74) is 3.78. The number of rotatable bonds is 6. The second-order valence-electron chi connectivity index (χ2n) is 8.93. The van der Waals surface area contributed by atoms with Crippen LogP contribution < -0.4 is 10.2 Å². The van der Waals surface area contributed by atoms with E-state index in [0.717, 1.165) is 63.7 Å². The van der Waals surface area contributed by atoms with Gasteiger partial charge >= 0.3 is 0 Å². The van der Waals surface area contributed by atoms with E-state index in [9.17, 15) is 4.79 Å². The predicted octanol–water partition coefficient (Wildman–Crippen LogP) is 2.30. The minimum Gasteiger partial charge on any atom is -0.492 e. The maximum Gasteiger partial charge on any atom is 0.197 e. The van der Waals surface area contributed by atoms with Crippen LogP contribution in [0.25, 0.3) is 11.0 Å². The number of piperazine rings is 1. The van der Waals surface area contributed by atoms with Gasteiger partial charge in [-0.2, -0.15) is 0 Å². The van der Waals surface area contributed by atoms with Crippen molar-refractivity contribution < 1.29 is 14.3 Å². The van der Waals surface area contributed by atoms with E-state index in [1.165, 1.54) is 5.56 Å². The van der Waals surface area contributed by atoms with E-state index in [2.05, 4.69) is 32.9 Å². The highest BCUT2D eigenvalue weighted by molar-refractivity contribution is 5.76.